The van der Waals surface area contributed by atoms with Crippen molar-refractivity contribution in [2.24, 2.45) is 0 Å². The van der Waals surface area contributed by atoms with Crippen molar-refractivity contribution in [3.05, 3.63) is 38.8 Å². The third kappa shape index (κ3) is 5.19. The topological polar surface area (TPSA) is 106 Å². The number of rotatable bonds is 8. The minimum Gasteiger partial charge on any atom is -0.353 e. The van der Waals surface area contributed by atoms with Crippen molar-refractivity contribution in [3.8, 4) is 0 Å². The number of pyridine rings is 1. The number of hydrogen-bond acceptors (Lipinski definition) is 5. The summed E-state index contributed by atoms with van der Waals surface area (Å²) in [6.45, 7) is 3.78. The summed E-state index contributed by atoms with van der Waals surface area (Å²) < 4.78 is 1.02. The van der Waals surface area contributed by atoms with Gasteiger partial charge in [-0.3, -0.25) is 24.3 Å². The van der Waals surface area contributed by atoms with Crippen LogP contribution in [0.5, 0.6) is 0 Å². The molecular formula is C12H18N4O4. The molecule has 0 spiro atoms. The Morgan fingerprint density at radius 3 is 2.75 bits per heavy atom. The van der Waals surface area contributed by atoms with Crippen LogP contribution in [0.4, 0.5) is 5.69 Å². The maximum atomic E-state index is 11.6. The molecule has 0 aliphatic heterocycles. The van der Waals surface area contributed by atoms with Gasteiger partial charge >= 0.3 is 0 Å². The molecule has 20 heavy (non-hydrogen) atoms. The van der Waals surface area contributed by atoms with Crippen molar-refractivity contribution in [1.29, 1.82) is 0 Å². The fourth-order valence-corrected chi connectivity index (χ4v) is 1.55. The Bertz CT molecular complexity index is 526. The second kappa shape index (κ2) is 8.05. The van der Waals surface area contributed by atoms with E-state index in [1.54, 1.807) is 0 Å². The van der Waals surface area contributed by atoms with Gasteiger partial charge in [0.15, 0.2) is 0 Å². The molecule has 0 unspecified atom stereocenters. The molecule has 1 rings (SSSR count). The number of carbonyl (C=O) groups is 1. The molecule has 0 fully saturated rings. The van der Waals surface area contributed by atoms with Gasteiger partial charge in [0.2, 0.25) is 5.91 Å². The Kier molecular flexibility index (Phi) is 6.38. The maximum absolute atomic E-state index is 11.6. The van der Waals surface area contributed by atoms with Crippen LogP contribution in [-0.4, -0.2) is 35.0 Å². The van der Waals surface area contributed by atoms with Crippen LogP contribution in [-0.2, 0) is 11.3 Å². The summed E-state index contributed by atoms with van der Waals surface area (Å²) in [5.41, 5.74) is -0.670. The van der Waals surface area contributed by atoms with Gasteiger partial charge < -0.3 is 10.6 Å². The number of nitrogens with zero attached hydrogens (tertiary/aromatic N) is 2. The van der Waals surface area contributed by atoms with Gasteiger partial charge in [-0.1, -0.05) is 6.92 Å². The van der Waals surface area contributed by atoms with Gasteiger partial charge in [-0.05, 0) is 13.0 Å². The Balaban J connectivity index is 2.51. The summed E-state index contributed by atoms with van der Waals surface area (Å²) in [7, 11) is 0. The lowest BCUT2D eigenvalue weighted by atomic mass is 10.4. The Morgan fingerprint density at radius 2 is 2.10 bits per heavy atom. The molecule has 1 aromatic heterocycles. The predicted molar refractivity (Wildman–Crippen MR) is 73.5 cm³/mol. The van der Waals surface area contributed by atoms with E-state index >= 15 is 0 Å². The van der Waals surface area contributed by atoms with Gasteiger partial charge in [0, 0.05) is 25.2 Å². The number of amides is 1. The van der Waals surface area contributed by atoms with Crippen molar-refractivity contribution in [1.82, 2.24) is 15.2 Å². The fourth-order valence-electron chi connectivity index (χ4n) is 1.55. The van der Waals surface area contributed by atoms with E-state index in [2.05, 4.69) is 10.6 Å². The van der Waals surface area contributed by atoms with Gasteiger partial charge in [0.25, 0.3) is 11.2 Å². The zero-order valence-electron chi connectivity index (χ0n) is 11.3. The van der Waals surface area contributed by atoms with Crippen molar-refractivity contribution in [2.75, 3.05) is 19.6 Å². The first-order valence-corrected chi connectivity index (χ1v) is 6.37. The fraction of sp³-hybridized carbons (Fsp3) is 0.500. The van der Waals surface area contributed by atoms with Gasteiger partial charge in [-0.15, -0.1) is 0 Å². The molecule has 0 aromatic carbocycles. The number of carbonyl (C=O) groups excluding carboxylic acids is 1. The van der Waals surface area contributed by atoms with Crippen molar-refractivity contribution >= 4 is 11.6 Å². The van der Waals surface area contributed by atoms with E-state index < -0.39 is 10.5 Å². The highest BCUT2D eigenvalue weighted by Gasteiger charge is 2.10. The Labute approximate surface area is 115 Å². The summed E-state index contributed by atoms with van der Waals surface area (Å²) >= 11 is 0. The lowest BCUT2D eigenvalue weighted by Crippen LogP contribution is -2.36. The third-order valence-corrected chi connectivity index (χ3v) is 2.54. The second-order valence-corrected chi connectivity index (χ2v) is 4.21. The Morgan fingerprint density at radius 1 is 1.35 bits per heavy atom. The van der Waals surface area contributed by atoms with Crippen LogP contribution < -0.4 is 16.2 Å². The van der Waals surface area contributed by atoms with E-state index in [0.717, 1.165) is 35.9 Å². The number of nitro groups is 1. The monoisotopic (exact) mass is 282 g/mol. The first-order valence-electron chi connectivity index (χ1n) is 6.37. The SMILES string of the molecule is CCCNCCNC(=O)Cn1cc([N+](=O)[O-])ccc1=O. The van der Waals surface area contributed by atoms with Crippen molar-refractivity contribution < 1.29 is 9.72 Å². The lowest BCUT2D eigenvalue weighted by Gasteiger charge is -2.07. The predicted octanol–water partition coefficient (Wildman–Crippen LogP) is -0.128. The zero-order chi connectivity index (χ0) is 15.0. The van der Waals surface area contributed by atoms with Crippen LogP contribution in [0.25, 0.3) is 0 Å². The quantitative estimate of drug-likeness (QED) is 0.392. The molecule has 110 valence electrons. The van der Waals surface area contributed by atoms with Gasteiger partial charge in [-0.25, -0.2) is 0 Å². The highest BCUT2D eigenvalue weighted by atomic mass is 16.6. The molecule has 1 heterocycles. The molecule has 1 aromatic rings. The van der Waals surface area contributed by atoms with E-state index in [0.29, 0.717) is 13.1 Å². The maximum Gasteiger partial charge on any atom is 0.285 e. The molecule has 1 amide bonds. The van der Waals surface area contributed by atoms with Gasteiger partial charge in [0.05, 0.1) is 11.1 Å². The van der Waals surface area contributed by atoms with Gasteiger partial charge in [-0.2, -0.15) is 0 Å². The molecule has 2 N–H and O–H groups in total. The zero-order valence-corrected chi connectivity index (χ0v) is 11.3. The first kappa shape index (κ1) is 15.8. The summed E-state index contributed by atoms with van der Waals surface area (Å²) in [5.74, 6) is -0.356. The molecule has 0 saturated carbocycles. The van der Waals surface area contributed by atoms with Crippen molar-refractivity contribution in [2.45, 2.75) is 19.9 Å². The van der Waals surface area contributed by atoms with Crippen LogP contribution >= 0.6 is 0 Å². The molecule has 0 aliphatic carbocycles. The number of aromatic nitrogens is 1. The average Bonchev–Trinajstić information content (AvgIpc) is 2.40. The summed E-state index contributed by atoms with van der Waals surface area (Å²) in [4.78, 5) is 33.1. The minimum atomic E-state index is -0.609. The smallest absolute Gasteiger partial charge is 0.285 e. The van der Waals surface area contributed by atoms with Gasteiger partial charge in [0.1, 0.15) is 6.54 Å². The second-order valence-electron chi connectivity index (χ2n) is 4.21. The van der Waals surface area contributed by atoms with Crippen LogP contribution in [0.1, 0.15) is 13.3 Å². The number of nitrogens with one attached hydrogen (secondary N) is 2. The standard InChI is InChI=1S/C12H18N4O4/c1-2-5-13-6-7-14-11(17)9-15-8-10(16(19)20)3-4-12(15)18/h3-4,8,13H,2,5-7,9H2,1H3,(H,14,17). The molecule has 8 nitrogen and oxygen atoms in total. The summed E-state index contributed by atoms with van der Waals surface area (Å²) in [6.07, 6.45) is 2.08. The molecule has 0 bridgehead atoms. The Hall–Kier alpha value is -2.22. The minimum absolute atomic E-state index is 0.220. The molecule has 0 aliphatic rings. The summed E-state index contributed by atoms with van der Waals surface area (Å²) in [6, 6.07) is 2.19. The largest absolute Gasteiger partial charge is 0.353 e. The van der Waals surface area contributed by atoms with E-state index in [-0.39, 0.29) is 18.1 Å². The highest BCUT2D eigenvalue weighted by molar-refractivity contribution is 5.75. The van der Waals surface area contributed by atoms with Crippen LogP contribution in [0, 0.1) is 10.1 Å². The van der Waals surface area contributed by atoms with E-state index in [1.165, 1.54) is 0 Å². The van der Waals surface area contributed by atoms with E-state index in [4.69, 9.17) is 0 Å². The molecular weight excluding hydrogens is 264 g/mol. The molecule has 0 saturated heterocycles. The van der Waals surface area contributed by atoms with Crippen LogP contribution in [0.3, 0.4) is 0 Å². The molecule has 0 atom stereocenters. The van der Waals surface area contributed by atoms with Crippen molar-refractivity contribution in [3.63, 3.8) is 0 Å². The molecule has 8 heteroatoms. The molecule has 0 radical (unpaired) electrons. The lowest BCUT2D eigenvalue weighted by molar-refractivity contribution is -0.385. The van der Waals surface area contributed by atoms with Crippen LogP contribution in [0.15, 0.2) is 23.1 Å². The first-order chi connectivity index (χ1) is 9.54. The number of hydrogen-bond donors (Lipinski definition) is 2. The van der Waals surface area contributed by atoms with E-state index in [1.807, 2.05) is 6.92 Å². The van der Waals surface area contributed by atoms with Crippen LogP contribution in [0.2, 0.25) is 0 Å². The van der Waals surface area contributed by atoms with E-state index in [9.17, 15) is 19.7 Å². The normalized spacial score (nSPS) is 10.2. The summed E-state index contributed by atoms with van der Waals surface area (Å²) in [5, 5.41) is 16.4. The average molecular weight is 282 g/mol. The highest BCUT2D eigenvalue weighted by Crippen LogP contribution is 2.05. The third-order valence-electron chi connectivity index (χ3n) is 2.54.